The molecular weight excluding hydrogens is 224 g/mol. The van der Waals surface area contributed by atoms with E-state index >= 15 is 0 Å². The normalized spacial score (nSPS) is 36.6. The Labute approximate surface area is 110 Å². The van der Waals surface area contributed by atoms with Crippen molar-refractivity contribution in [2.45, 2.75) is 57.4 Å². The number of carbonyl (C=O) groups excluding carboxylic acids is 1. The van der Waals surface area contributed by atoms with Gasteiger partial charge in [-0.15, -0.1) is 0 Å². The number of amides is 1. The maximum atomic E-state index is 13.0. The van der Waals surface area contributed by atoms with Crippen LogP contribution in [0.25, 0.3) is 0 Å². The molecule has 18 heavy (non-hydrogen) atoms. The average molecular weight is 250 g/mol. The van der Waals surface area contributed by atoms with Gasteiger partial charge >= 0.3 is 0 Å². The van der Waals surface area contributed by atoms with Crippen molar-refractivity contribution in [2.24, 2.45) is 11.3 Å². The van der Waals surface area contributed by atoms with Crippen LogP contribution in [-0.2, 0) is 4.79 Å². The zero-order valence-electron chi connectivity index (χ0n) is 11.6. The van der Waals surface area contributed by atoms with Gasteiger partial charge in [0, 0.05) is 19.6 Å². The highest BCUT2D eigenvalue weighted by molar-refractivity contribution is 5.84. The second-order valence-electron chi connectivity index (χ2n) is 6.58. The highest BCUT2D eigenvalue weighted by Crippen LogP contribution is 2.45. The highest BCUT2D eigenvalue weighted by atomic mass is 16.2. The first-order valence-electron chi connectivity index (χ1n) is 7.72. The minimum absolute atomic E-state index is 0.0460. The van der Waals surface area contributed by atoms with Crippen LogP contribution in [0.15, 0.2) is 0 Å². The molecule has 102 valence electrons. The molecule has 1 heterocycles. The maximum Gasteiger partial charge on any atom is 0.230 e. The number of carbonyl (C=O) groups is 1. The molecule has 0 aromatic carbocycles. The smallest absolute Gasteiger partial charge is 0.230 e. The first-order chi connectivity index (χ1) is 8.74. The van der Waals surface area contributed by atoms with Crippen molar-refractivity contribution in [3.63, 3.8) is 0 Å². The summed E-state index contributed by atoms with van der Waals surface area (Å²) in [6.45, 7) is 1.98. The molecule has 1 saturated heterocycles. The van der Waals surface area contributed by atoms with E-state index in [9.17, 15) is 4.79 Å². The summed E-state index contributed by atoms with van der Waals surface area (Å²) in [6, 6.07) is 0.523. The van der Waals surface area contributed by atoms with Crippen LogP contribution in [0.4, 0.5) is 0 Å². The van der Waals surface area contributed by atoms with Crippen molar-refractivity contribution < 1.29 is 4.79 Å². The summed E-state index contributed by atoms with van der Waals surface area (Å²) in [5.74, 6) is 1.05. The zero-order valence-corrected chi connectivity index (χ0v) is 11.6. The Morgan fingerprint density at radius 1 is 1.17 bits per heavy atom. The van der Waals surface area contributed by atoms with Gasteiger partial charge in [-0.2, -0.15) is 0 Å². The van der Waals surface area contributed by atoms with Crippen LogP contribution in [0.5, 0.6) is 0 Å². The fourth-order valence-electron chi connectivity index (χ4n) is 4.48. The molecule has 0 unspecified atom stereocenters. The predicted octanol–water partition coefficient (Wildman–Crippen LogP) is 2.17. The van der Waals surface area contributed by atoms with Gasteiger partial charge in [-0.3, -0.25) is 4.79 Å². The maximum absolute atomic E-state index is 13.0. The van der Waals surface area contributed by atoms with Crippen LogP contribution in [0.1, 0.15) is 51.4 Å². The topological polar surface area (TPSA) is 32.3 Å². The molecule has 2 saturated carbocycles. The first kappa shape index (κ1) is 12.5. The van der Waals surface area contributed by atoms with Gasteiger partial charge in [0.25, 0.3) is 0 Å². The summed E-state index contributed by atoms with van der Waals surface area (Å²) in [6.07, 6.45) is 9.95. The Morgan fingerprint density at radius 3 is 2.67 bits per heavy atom. The Hall–Kier alpha value is -0.570. The van der Waals surface area contributed by atoms with E-state index < -0.39 is 0 Å². The van der Waals surface area contributed by atoms with Crippen molar-refractivity contribution in [3.8, 4) is 0 Å². The van der Waals surface area contributed by atoms with E-state index in [-0.39, 0.29) is 5.41 Å². The van der Waals surface area contributed by atoms with Gasteiger partial charge in [-0.05, 0) is 38.1 Å². The molecule has 1 aliphatic heterocycles. The lowest BCUT2D eigenvalue weighted by Gasteiger charge is -2.41. The van der Waals surface area contributed by atoms with Gasteiger partial charge in [0.15, 0.2) is 0 Å². The van der Waals surface area contributed by atoms with Gasteiger partial charge in [-0.25, -0.2) is 0 Å². The molecular formula is C15H26N2O. The highest BCUT2D eigenvalue weighted by Gasteiger charge is 2.51. The third kappa shape index (κ3) is 1.87. The molecule has 3 heteroatoms. The Kier molecular flexibility index (Phi) is 3.35. The van der Waals surface area contributed by atoms with E-state index in [4.69, 9.17) is 0 Å². The SMILES string of the molecule is CN(C(=O)[C@@]12CCCC[C@H]1CNC2)C1CCCC1. The Balaban J connectivity index is 1.77. The van der Waals surface area contributed by atoms with Crippen LogP contribution < -0.4 is 5.32 Å². The predicted molar refractivity (Wildman–Crippen MR) is 72.3 cm³/mol. The van der Waals surface area contributed by atoms with Crippen LogP contribution in [0.2, 0.25) is 0 Å². The van der Waals surface area contributed by atoms with Crippen LogP contribution >= 0.6 is 0 Å². The molecule has 2 aliphatic carbocycles. The summed E-state index contributed by atoms with van der Waals surface area (Å²) >= 11 is 0. The second-order valence-corrected chi connectivity index (χ2v) is 6.58. The summed E-state index contributed by atoms with van der Waals surface area (Å²) in [5.41, 5.74) is -0.0460. The van der Waals surface area contributed by atoms with Crippen LogP contribution in [-0.4, -0.2) is 37.0 Å². The average Bonchev–Trinajstić information content (AvgIpc) is 3.06. The molecule has 0 spiro atoms. The number of hydrogen-bond donors (Lipinski definition) is 1. The lowest BCUT2D eigenvalue weighted by molar-refractivity contribution is -0.146. The van der Waals surface area contributed by atoms with Crippen molar-refractivity contribution in [1.29, 1.82) is 0 Å². The summed E-state index contributed by atoms with van der Waals surface area (Å²) in [4.78, 5) is 15.1. The summed E-state index contributed by atoms with van der Waals surface area (Å²) < 4.78 is 0. The van der Waals surface area contributed by atoms with Crippen LogP contribution in [0.3, 0.4) is 0 Å². The first-order valence-corrected chi connectivity index (χ1v) is 7.72. The van der Waals surface area contributed by atoms with Crippen LogP contribution in [0, 0.1) is 11.3 Å². The minimum Gasteiger partial charge on any atom is -0.342 e. The molecule has 3 fully saturated rings. The van der Waals surface area contributed by atoms with Gasteiger partial charge < -0.3 is 10.2 Å². The zero-order chi connectivity index (χ0) is 12.6. The minimum atomic E-state index is -0.0460. The van der Waals surface area contributed by atoms with Crippen molar-refractivity contribution >= 4 is 5.91 Å². The van der Waals surface area contributed by atoms with Crippen molar-refractivity contribution in [1.82, 2.24) is 10.2 Å². The van der Waals surface area contributed by atoms with E-state index in [1.165, 1.54) is 44.9 Å². The molecule has 1 N–H and O–H groups in total. The second kappa shape index (κ2) is 4.84. The number of nitrogens with one attached hydrogen (secondary N) is 1. The van der Waals surface area contributed by atoms with Gasteiger partial charge in [0.1, 0.15) is 0 Å². The lowest BCUT2D eigenvalue weighted by Crippen LogP contribution is -2.51. The van der Waals surface area contributed by atoms with E-state index in [0.29, 0.717) is 17.9 Å². The Morgan fingerprint density at radius 2 is 1.89 bits per heavy atom. The van der Waals surface area contributed by atoms with Crippen molar-refractivity contribution in [2.75, 3.05) is 20.1 Å². The van der Waals surface area contributed by atoms with Crippen molar-refractivity contribution in [3.05, 3.63) is 0 Å². The molecule has 0 bridgehead atoms. The van der Waals surface area contributed by atoms with Gasteiger partial charge in [0.05, 0.1) is 5.41 Å². The Bertz CT molecular complexity index is 324. The number of hydrogen-bond acceptors (Lipinski definition) is 2. The summed E-state index contributed by atoms with van der Waals surface area (Å²) in [5, 5.41) is 3.48. The summed E-state index contributed by atoms with van der Waals surface area (Å²) in [7, 11) is 2.05. The lowest BCUT2D eigenvalue weighted by atomic mass is 9.67. The standard InChI is InChI=1S/C15H26N2O/c1-17(13-7-2-3-8-13)14(18)15-9-5-4-6-12(15)10-16-11-15/h12-13,16H,2-11H2,1H3/t12-,15+/m0/s1. The van der Waals surface area contributed by atoms with E-state index in [2.05, 4.69) is 17.3 Å². The monoisotopic (exact) mass is 250 g/mol. The molecule has 3 aliphatic rings. The molecule has 0 radical (unpaired) electrons. The molecule has 0 aromatic rings. The third-order valence-corrected chi connectivity index (χ3v) is 5.66. The quantitative estimate of drug-likeness (QED) is 0.814. The fraction of sp³-hybridized carbons (Fsp3) is 0.933. The van der Waals surface area contributed by atoms with Gasteiger partial charge in [0.2, 0.25) is 5.91 Å². The van der Waals surface area contributed by atoms with E-state index in [1.807, 2.05) is 0 Å². The number of nitrogens with zero attached hydrogens (tertiary/aromatic N) is 1. The largest absolute Gasteiger partial charge is 0.342 e. The van der Waals surface area contributed by atoms with E-state index in [0.717, 1.165) is 19.5 Å². The molecule has 3 nitrogen and oxygen atoms in total. The van der Waals surface area contributed by atoms with Gasteiger partial charge in [-0.1, -0.05) is 25.7 Å². The van der Waals surface area contributed by atoms with E-state index in [1.54, 1.807) is 0 Å². The number of rotatable bonds is 2. The molecule has 3 rings (SSSR count). The molecule has 2 atom stereocenters. The molecule has 1 amide bonds. The number of fused-ring (bicyclic) bond motifs is 1. The third-order valence-electron chi connectivity index (χ3n) is 5.66. The fourth-order valence-corrected chi connectivity index (χ4v) is 4.48. The molecule has 0 aromatic heterocycles.